The molecule has 1 fully saturated rings. The van der Waals surface area contributed by atoms with Crippen molar-refractivity contribution in [3.63, 3.8) is 0 Å². The van der Waals surface area contributed by atoms with Crippen LogP contribution in [-0.4, -0.2) is 108 Å². The lowest BCUT2D eigenvalue weighted by atomic mass is 9.97. The number of aliphatic hydroxyl groups excluding tert-OH is 4. The molecule has 19 heteroatoms. The van der Waals surface area contributed by atoms with Gasteiger partial charge >= 0.3 is 0 Å². The van der Waals surface area contributed by atoms with Crippen LogP contribution in [0.15, 0.2) is 11.8 Å². The molecule has 0 aromatic rings. The van der Waals surface area contributed by atoms with Crippen molar-refractivity contribution in [1.82, 2.24) is 4.72 Å². The normalized spacial score (nSPS) is 37.0. The Morgan fingerprint density at radius 2 is 1.77 bits per heavy atom. The van der Waals surface area contributed by atoms with Crippen LogP contribution in [0.4, 0.5) is 0 Å². The Kier molecular flexibility index (Phi) is 7.95. The Hall–Kier alpha value is -1.49. The van der Waals surface area contributed by atoms with Crippen molar-refractivity contribution in [2.75, 3.05) is 6.61 Å². The molecule has 0 aromatic carbocycles. The monoisotopic (exact) mass is 494 g/mol. The summed E-state index contributed by atoms with van der Waals surface area (Å²) in [6.45, 7) is -1.01. The van der Waals surface area contributed by atoms with Crippen molar-refractivity contribution in [3.05, 3.63) is 11.8 Å². The average Bonchev–Trinajstić information content (AvgIpc) is 2.61. The van der Waals surface area contributed by atoms with E-state index in [1.54, 1.807) is 0 Å². The Morgan fingerprint density at radius 3 is 2.26 bits per heavy atom. The van der Waals surface area contributed by atoms with Gasteiger partial charge in [-0.15, -0.1) is 0 Å². The lowest BCUT2D eigenvalue weighted by Gasteiger charge is -2.45. The van der Waals surface area contributed by atoms with E-state index in [0.717, 1.165) is 0 Å². The van der Waals surface area contributed by atoms with Crippen LogP contribution in [0.5, 0.6) is 0 Å². The lowest BCUT2D eigenvalue weighted by Crippen LogP contribution is -2.66. The van der Waals surface area contributed by atoms with Crippen molar-refractivity contribution < 1.29 is 74.7 Å². The highest BCUT2D eigenvalue weighted by Crippen LogP contribution is 2.29. The molecular weight excluding hydrogens is 478 g/mol. The van der Waals surface area contributed by atoms with Gasteiger partial charge in [-0.25, -0.2) is 21.6 Å². The summed E-state index contributed by atoms with van der Waals surface area (Å²) in [6.07, 6.45) is -14.2. The number of aliphatic carboxylic acids is 1. The van der Waals surface area contributed by atoms with E-state index in [1.165, 1.54) is 4.72 Å². The maximum absolute atomic E-state index is 11.0. The molecular formula is C12H16NO16S2-3. The molecule has 0 spiro atoms. The van der Waals surface area contributed by atoms with E-state index in [0.29, 0.717) is 6.08 Å². The smallest absolute Gasteiger partial charge is 0.231 e. The SMILES string of the molecule is O=C([O-])C1=C[C@H](O)[C@@H](OS(=O)(=O)[O-])[C@H](O[C@H]2[C@H](O)[C@@H](NS(=O)(=O)[O-])C(O)O[C@@H]2CO)O1. The zero-order chi connectivity index (χ0) is 23.7. The molecule has 2 aliphatic heterocycles. The largest absolute Gasteiger partial charge is 0.735 e. The molecule has 0 saturated carbocycles. The number of rotatable bonds is 8. The average molecular weight is 494 g/mol. The number of carbonyl (C=O) groups is 1. The van der Waals surface area contributed by atoms with E-state index in [-0.39, 0.29) is 0 Å². The highest BCUT2D eigenvalue weighted by atomic mass is 32.3. The van der Waals surface area contributed by atoms with Gasteiger partial charge in [0, 0.05) is 0 Å². The molecule has 1 saturated heterocycles. The second-order valence-corrected chi connectivity index (χ2v) is 8.35. The first kappa shape index (κ1) is 25.8. The zero-order valence-corrected chi connectivity index (χ0v) is 16.5. The van der Waals surface area contributed by atoms with E-state index >= 15 is 0 Å². The second-order valence-electron chi connectivity index (χ2n) is 6.20. The van der Waals surface area contributed by atoms with Gasteiger partial charge < -0.3 is 53.6 Å². The second kappa shape index (κ2) is 9.56. The van der Waals surface area contributed by atoms with Crippen LogP contribution < -0.4 is 9.83 Å². The summed E-state index contributed by atoms with van der Waals surface area (Å²) < 4.78 is 85.6. The van der Waals surface area contributed by atoms with Crippen molar-refractivity contribution >= 4 is 26.7 Å². The first-order chi connectivity index (χ1) is 14.1. The quantitative estimate of drug-likeness (QED) is 0.155. The van der Waals surface area contributed by atoms with Gasteiger partial charge in [-0.2, -0.15) is 0 Å². The molecule has 0 bridgehead atoms. The number of aliphatic hydroxyl groups is 4. The molecule has 0 radical (unpaired) electrons. The molecule has 2 heterocycles. The van der Waals surface area contributed by atoms with Crippen molar-refractivity contribution in [3.8, 4) is 0 Å². The standard InChI is InChI=1S/C12H19NO16S2/c14-2-5-9(7(16)6(11(19)26-5)13-30(20,21)22)28-12-8(29-31(23,24)25)3(15)1-4(27-12)10(17)18/h1,3,5-9,11-16,19H,2H2,(H,17,18)(H,20,21,22)(H,23,24,25)/p-3/t3-,5+,6+,7+,8+,9+,11?,12-/m0/s1. The van der Waals surface area contributed by atoms with Crippen LogP contribution in [0.2, 0.25) is 0 Å². The van der Waals surface area contributed by atoms with Gasteiger partial charge in [0.2, 0.25) is 16.7 Å². The van der Waals surface area contributed by atoms with E-state index in [1.807, 2.05) is 0 Å². The van der Waals surface area contributed by atoms with E-state index < -0.39 is 88.2 Å². The number of carboxylic acid groups (broad SMARTS) is 1. The fourth-order valence-corrected chi connectivity index (χ4v) is 3.87. The molecule has 180 valence electrons. The maximum atomic E-state index is 11.0. The predicted octanol–water partition coefficient (Wildman–Crippen LogP) is -6.94. The van der Waals surface area contributed by atoms with Gasteiger partial charge in [0.1, 0.15) is 42.2 Å². The topological polar surface area (TPSA) is 284 Å². The summed E-state index contributed by atoms with van der Waals surface area (Å²) in [7, 11) is -10.8. The molecule has 0 aromatic heterocycles. The zero-order valence-electron chi connectivity index (χ0n) is 14.9. The molecule has 1 unspecified atom stereocenters. The maximum Gasteiger partial charge on any atom is 0.231 e. The molecule has 8 atom stereocenters. The number of carbonyl (C=O) groups excluding carboxylic acids is 1. The van der Waals surface area contributed by atoms with Gasteiger partial charge in [0.05, 0.1) is 6.61 Å². The molecule has 2 aliphatic rings. The van der Waals surface area contributed by atoms with E-state index in [9.17, 15) is 56.3 Å². The van der Waals surface area contributed by atoms with Gasteiger partial charge in [-0.05, 0) is 6.08 Å². The minimum absolute atomic E-state index is 0.417. The van der Waals surface area contributed by atoms with Gasteiger partial charge in [-0.1, -0.05) is 0 Å². The fourth-order valence-electron chi connectivity index (χ4n) is 2.80. The van der Waals surface area contributed by atoms with Gasteiger partial charge in [-0.3, -0.25) is 4.18 Å². The third-order valence-corrected chi connectivity index (χ3v) is 5.06. The Morgan fingerprint density at radius 1 is 1.16 bits per heavy atom. The summed E-state index contributed by atoms with van der Waals surface area (Å²) in [5.41, 5.74) is 0. The molecule has 2 rings (SSSR count). The van der Waals surface area contributed by atoms with Crippen molar-refractivity contribution in [1.29, 1.82) is 0 Å². The van der Waals surface area contributed by atoms with Crippen molar-refractivity contribution in [2.45, 2.75) is 49.1 Å². The highest BCUT2D eigenvalue weighted by molar-refractivity contribution is 7.83. The minimum Gasteiger partial charge on any atom is -0.735 e. The van der Waals surface area contributed by atoms with Gasteiger partial charge in [0.25, 0.3) is 0 Å². The summed E-state index contributed by atoms with van der Waals surface area (Å²) >= 11 is 0. The van der Waals surface area contributed by atoms with Crippen LogP contribution in [0, 0.1) is 0 Å². The molecule has 31 heavy (non-hydrogen) atoms. The summed E-state index contributed by atoms with van der Waals surface area (Å²) in [5.74, 6) is -3.10. The number of hydrogen-bond donors (Lipinski definition) is 5. The highest BCUT2D eigenvalue weighted by Gasteiger charge is 2.49. The lowest BCUT2D eigenvalue weighted by molar-refractivity contribution is -0.320. The summed E-state index contributed by atoms with van der Waals surface area (Å²) in [5, 5.41) is 50.4. The summed E-state index contributed by atoms with van der Waals surface area (Å²) in [4.78, 5) is 11.0. The molecule has 17 nitrogen and oxygen atoms in total. The third kappa shape index (κ3) is 6.74. The number of carboxylic acids is 1. The fraction of sp³-hybridized carbons (Fsp3) is 0.750. The first-order valence-corrected chi connectivity index (χ1v) is 10.8. The number of ether oxygens (including phenoxy) is 3. The number of nitrogens with one attached hydrogen (secondary N) is 1. The molecule has 5 N–H and O–H groups in total. The minimum atomic E-state index is -5.52. The Labute approximate surface area is 174 Å². The van der Waals surface area contributed by atoms with Gasteiger partial charge in [0.15, 0.2) is 22.7 Å². The van der Waals surface area contributed by atoms with E-state index in [4.69, 9.17) is 14.2 Å². The van der Waals surface area contributed by atoms with Crippen LogP contribution in [-0.2, 0) is 43.9 Å². The molecule has 0 aliphatic carbocycles. The molecule has 0 amide bonds. The van der Waals surface area contributed by atoms with Crippen LogP contribution in [0.25, 0.3) is 0 Å². The van der Waals surface area contributed by atoms with E-state index in [2.05, 4.69) is 4.18 Å². The van der Waals surface area contributed by atoms with Crippen LogP contribution >= 0.6 is 0 Å². The Balaban J connectivity index is 2.36. The third-order valence-electron chi connectivity index (χ3n) is 4.04. The van der Waals surface area contributed by atoms with Crippen LogP contribution in [0.3, 0.4) is 0 Å². The first-order valence-electron chi connectivity index (χ1n) is 8.06. The predicted molar refractivity (Wildman–Crippen MR) is 84.0 cm³/mol. The Bertz CT molecular complexity index is 902. The van der Waals surface area contributed by atoms with Crippen molar-refractivity contribution in [2.24, 2.45) is 0 Å². The summed E-state index contributed by atoms with van der Waals surface area (Å²) in [6, 6.07) is -2.07. The van der Waals surface area contributed by atoms with Crippen LogP contribution in [0.1, 0.15) is 0 Å². The number of hydrogen-bond acceptors (Lipinski definition) is 16.